The Morgan fingerprint density at radius 2 is 1.67 bits per heavy atom. The molecule has 5 rings (SSSR count). The number of nitrogens with two attached hydrogens (primary N) is 1. The zero-order valence-corrected chi connectivity index (χ0v) is 34.9. The van der Waals surface area contributed by atoms with Crippen molar-refractivity contribution < 1.29 is 23.8 Å². The number of hydrogen-bond acceptors (Lipinski definition) is 6. The highest BCUT2D eigenvalue weighted by Crippen LogP contribution is 2.48. The van der Waals surface area contributed by atoms with Crippen molar-refractivity contribution in [2.24, 2.45) is 11.7 Å². The van der Waals surface area contributed by atoms with Crippen LogP contribution in [0.25, 0.3) is 0 Å². The fourth-order valence-corrected chi connectivity index (χ4v) is 9.22. The summed E-state index contributed by atoms with van der Waals surface area (Å²) in [5.74, 6) is -0.997. The maximum absolute atomic E-state index is 12.7. The van der Waals surface area contributed by atoms with E-state index >= 15 is 0 Å². The molecule has 2 aromatic carbocycles. The highest BCUT2D eigenvalue weighted by Gasteiger charge is 2.44. The van der Waals surface area contributed by atoms with Crippen LogP contribution in [0, 0.1) is 19.8 Å². The number of imide groups is 1. The number of carbonyl (C=O) groups excluding carboxylic acids is 4. The third-order valence-corrected chi connectivity index (χ3v) is 12.8. The van der Waals surface area contributed by atoms with E-state index in [1.54, 1.807) is 6.92 Å². The predicted molar refractivity (Wildman–Crippen MR) is 225 cm³/mol. The Morgan fingerprint density at radius 3 is 2.38 bits per heavy atom. The molecule has 3 aliphatic heterocycles. The number of nitrogens with zero attached hydrogens (tertiary/aromatic N) is 3. The molecule has 294 valence electrons. The summed E-state index contributed by atoms with van der Waals surface area (Å²) in [4.78, 5) is 52.8. The highest BCUT2D eigenvalue weighted by molar-refractivity contribution is 8.00. The third-order valence-electron chi connectivity index (χ3n) is 11.3. The first-order valence-electron chi connectivity index (χ1n) is 19.8. The van der Waals surface area contributed by atoms with Gasteiger partial charge in [0.25, 0.3) is 0 Å². The molecule has 1 unspecified atom stereocenters. The van der Waals surface area contributed by atoms with E-state index in [1.807, 2.05) is 0 Å². The van der Waals surface area contributed by atoms with Gasteiger partial charge in [0.1, 0.15) is 6.54 Å². The van der Waals surface area contributed by atoms with Gasteiger partial charge in [0, 0.05) is 85.1 Å². The summed E-state index contributed by atoms with van der Waals surface area (Å²) >= 11 is 1.29. The minimum Gasteiger partial charge on any atom is -0.369 e. The van der Waals surface area contributed by atoms with Gasteiger partial charge in [0.05, 0.1) is 10.7 Å². The fraction of sp³-hybridized carbons (Fsp3) is 0.489. The lowest BCUT2D eigenvalue weighted by Crippen LogP contribution is -2.39. The van der Waals surface area contributed by atoms with Gasteiger partial charge in [-0.15, -0.1) is 11.8 Å². The van der Waals surface area contributed by atoms with Gasteiger partial charge in [-0.2, -0.15) is 4.58 Å². The van der Waals surface area contributed by atoms with E-state index in [0.717, 1.165) is 32.4 Å². The third kappa shape index (κ3) is 9.17. The molecule has 10 heteroatoms. The highest BCUT2D eigenvalue weighted by atomic mass is 32.2. The summed E-state index contributed by atoms with van der Waals surface area (Å²) in [6, 6.07) is 13.5. The van der Waals surface area contributed by atoms with Crippen LogP contribution in [-0.2, 0) is 30.0 Å². The zero-order chi connectivity index (χ0) is 40.1. The summed E-state index contributed by atoms with van der Waals surface area (Å²) in [5.41, 5.74) is 15.4. The molecule has 4 amide bonds. The molecule has 2 atom stereocenters. The SMILES string of the molecule is CCN1C(=CC=CC=CC2=[N+](CCCCCC(=O)NCCN3C(=O)CC(SC[C@@H](C)C(N)=O)C3=O)c3ccc(C)cc3C2(C)C)C(C)(C)c2cc(C)ccc21. The van der Waals surface area contributed by atoms with Crippen molar-refractivity contribution in [1.82, 2.24) is 10.2 Å². The molecule has 55 heavy (non-hydrogen) atoms. The number of aryl methyl sites for hydroxylation is 2. The number of primary amides is 1. The van der Waals surface area contributed by atoms with E-state index in [-0.39, 0.29) is 54.0 Å². The first-order valence-corrected chi connectivity index (χ1v) is 20.8. The molecule has 1 saturated heterocycles. The number of carbonyl (C=O) groups is 4. The Balaban J connectivity index is 1.15. The molecular weight excluding hydrogens is 707 g/mol. The quantitative estimate of drug-likeness (QED) is 0.0765. The second kappa shape index (κ2) is 17.6. The molecule has 2 aromatic rings. The van der Waals surface area contributed by atoms with Crippen LogP contribution in [-0.4, -0.2) is 76.0 Å². The summed E-state index contributed by atoms with van der Waals surface area (Å²) < 4.78 is 2.44. The Bertz CT molecular complexity index is 1940. The smallest absolute Gasteiger partial charge is 0.242 e. The van der Waals surface area contributed by atoms with Gasteiger partial charge < -0.3 is 16.0 Å². The number of thioether (sulfide) groups is 1. The van der Waals surface area contributed by atoms with Crippen molar-refractivity contribution in [2.45, 2.75) is 104 Å². The standard InChI is InChI=1S/C45H59N5O4S/c1-9-48-35-21-19-30(2)26-33(35)44(5,6)38(48)16-12-10-13-17-39-45(7,8)34-27-31(3)20-22-36(34)49(39)24-15-11-14-18-40(51)47-23-25-50-41(52)28-37(43(50)54)55-29-32(4)42(46)53/h10,12-13,16-17,19-22,26-27,32,37H,9,11,14-15,18,23-25,28-29H2,1-8H3,(H2-,46,47,51,53)/p+1/t32-,37?/m1/s1. The number of rotatable bonds is 17. The van der Waals surface area contributed by atoms with Crippen molar-refractivity contribution in [2.75, 3.05) is 36.8 Å². The van der Waals surface area contributed by atoms with Gasteiger partial charge >= 0.3 is 0 Å². The monoisotopic (exact) mass is 766 g/mol. The van der Waals surface area contributed by atoms with Crippen molar-refractivity contribution in [3.05, 3.63) is 94.7 Å². The largest absolute Gasteiger partial charge is 0.369 e. The Hall–Kier alpha value is -4.44. The number of likely N-dealkylation sites (N-methyl/N-ethyl adjacent to an activating group) is 1. The number of hydrogen-bond donors (Lipinski definition) is 2. The first-order chi connectivity index (χ1) is 26.1. The molecule has 1 fully saturated rings. The minimum absolute atomic E-state index is 0.0724. The number of benzene rings is 2. The van der Waals surface area contributed by atoms with Crippen LogP contribution in [0.4, 0.5) is 11.4 Å². The average Bonchev–Trinajstić information content (AvgIpc) is 3.61. The van der Waals surface area contributed by atoms with Crippen molar-refractivity contribution in [3.63, 3.8) is 0 Å². The van der Waals surface area contributed by atoms with Crippen LogP contribution in [0.1, 0.15) is 95.9 Å². The molecule has 3 aliphatic rings. The molecule has 0 saturated carbocycles. The van der Waals surface area contributed by atoms with Crippen molar-refractivity contribution >= 4 is 52.5 Å². The molecule has 0 radical (unpaired) electrons. The molecule has 3 heterocycles. The summed E-state index contributed by atoms with van der Waals surface area (Å²) in [6.45, 7) is 19.6. The Morgan fingerprint density at radius 1 is 0.964 bits per heavy atom. The van der Waals surface area contributed by atoms with E-state index in [1.165, 1.54) is 61.7 Å². The number of likely N-dealkylation sites (tertiary alicyclic amines) is 1. The Labute approximate surface area is 332 Å². The number of amides is 4. The molecule has 0 spiro atoms. The molecule has 3 N–H and O–H groups in total. The van der Waals surface area contributed by atoms with E-state index < -0.39 is 11.2 Å². The maximum Gasteiger partial charge on any atom is 0.242 e. The second-order valence-corrected chi connectivity index (χ2v) is 17.5. The van der Waals surface area contributed by atoms with Crippen LogP contribution < -0.4 is 16.0 Å². The fourth-order valence-electron chi connectivity index (χ4n) is 8.01. The molecule has 0 bridgehead atoms. The normalized spacial score (nSPS) is 20.0. The van der Waals surface area contributed by atoms with Crippen LogP contribution >= 0.6 is 11.8 Å². The molecule has 0 aromatic heterocycles. The van der Waals surface area contributed by atoms with Crippen LogP contribution in [0.2, 0.25) is 0 Å². The van der Waals surface area contributed by atoms with E-state index in [2.05, 4.69) is 130 Å². The number of anilines is 1. The van der Waals surface area contributed by atoms with Gasteiger partial charge in [0.15, 0.2) is 5.71 Å². The molecular formula is C45H60N5O4S+. The lowest BCUT2D eigenvalue weighted by Gasteiger charge is -2.25. The molecule has 9 nitrogen and oxygen atoms in total. The van der Waals surface area contributed by atoms with Crippen molar-refractivity contribution in [1.29, 1.82) is 0 Å². The number of nitrogens with one attached hydrogen (secondary N) is 1. The molecule has 0 aliphatic carbocycles. The summed E-state index contributed by atoms with van der Waals surface area (Å²) in [6.07, 6.45) is 14.1. The summed E-state index contributed by atoms with van der Waals surface area (Å²) in [5, 5.41) is 2.37. The minimum atomic E-state index is -0.505. The summed E-state index contributed by atoms with van der Waals surface area (Å²) in [7, 11) is 0. The van der Waals surface area contributed by atoms with Gasteiger partial charge in [-0.05, 0) is 71.2 Å². The Kier molecular flexibility index (Phi) is 13.3. The van der Waals surface area contributed by atoms with E-state index in [9.17, 15) is 19.2 Å². The number of allylic oxidation sites excluding steroid dienone is 6. The van der Waals surface area contributed by atoms with E-state index in [0.29, 0.717) is 12.2 Å². The van der Waals surface area contributed by atoms with Crippen LogP contribution in [0.5, 0.6) is 0 Å². The van der Waals surface area contributed by atoms with Crippen molar-refractivity contribution in [3.8, 4) is 0 Å². The lowest BCUT2D eigenvalue weighted by atomic mass is 9.81. The second-order valence-electron chi connectivity index (χ2n) is 16.2. The lowest BCUT2D eigenvalue weighted by molar-refractivity contribution is -0.438. The van der Waals surface area contributed by atoms with Crippen LogP contribution in [0.15, 0.2) is 72.5 Å². The van der Waals surface area contributed by atoms with Gasteiger partial charge in [-0.25, -0.2) is 0 Å². The topological polar surface area (TPSA) is 116 Å². The average molecular weight is 767 g/mol. The van der Waals surface area contributed by atoms with E-state index in [4.69, 9.17) is 5.73 Å². The number of unbranched alkanes of at least 4 members (excludes halogenated alkanes) is 2. The number of fused-ring (bicyclic) bond motifs is 2. The predicted octanol–water partition coefficient (Wildman–Crippen LogP) is 7.15. The van der Waals surface area contributed by atoms with Gasteiger partial charge in [-0.1, -0.05) is 68.3 Å². The zero-order valence-electron chi connectivity index (χ0n) is 34.0. The van der Waals surface area contributed by atoms with Gasteiger partial charge in [0.2, 0.25) is 29.3 Å². The van der Waals surface area contributed by atoms with Gasteiger partial charge in [-0.3, -0.25) is 24.1 Å². The first kappa shape index (κ1) is 41.7. The maximum atomic E-state index is 12.7. The van der Waals surface area contributed by atoms with Crippen LogP contribution in [0.3, 0.4) is 0 Å².